The number of hydrazine groups is 1. The molecule has 1 aliphatic heterocycles. The first-order valence-corrected chi connectivity index (χ1v) is 9.42. The predicted molar refractivity (Wildman–Crippen MR) is 112 cm³/mol. The van der Waals surface area contributed by atoms with Crippen LogP contribution in [-0.2, 0) is 11.3 Å². The summed E-state index contributed by atoms with van der Waals surface area (Å²) >= 11 is 0. The Bertz CT molecular complexity index is 993. The number of hydrogen-bond acceptors (Lipinski definition) is 4. The minimum Gasteiger partial charge on any atom is -0.447 e. The Morgan fingerprint density at radius 3 is 2.38 bits per heavy atom. The van der Waals surface area contributed by atoms with Crippen molar-refractivity contribution < 1.29 is 14.3 Å². The van der Waals surface area contributed by atoms with E-state index < -0.39 is 6.09 Å². The fraction of sp³-hybridized carbons (Fsp3) is 0.130. The van der Waals surface area contributed by atoms with Crippen LogP contribution in [0.3, 0.4) is 0 Å². The molecule has 0 saturated carbocycles. The molecule has 29 heavy (non-hydrogen) atoms. The lowest BCUT2D eigenvalue weighted by molar-refractivity contribution is 0.0948. The first-order valence-electron chi connectivity index (χ1n) is 9.42. The molecule has 0 aromatic heterocycles. The summed E-state index contributed by atoms with van der Waals surface area (Å²) in [6.45, 7) is 1.36. The van der Waals surface area contributed by atoms with Gasteiger partial charge >= 0.3 is 6.09 Å². The van der Waals surface area contributed by atoms with Crippen LogP contribution in [0.4, 0.5) is 16.2 Å². The van der Waals surface area contributed by atoms with Gasteiger partial charge in [-0.25, -0.2) is 4.79 Å². The summed E-state index contributed by atoms with van der Waals surface area (Å²) < 4.78 is 4.99. The summed E-state index contributed by atoms with van der Waals surface area (Å²) in [5.41, 5.74) is 6.06. The Kier molecular flexibility index (Phi) is 5.42. The standard InChI is InChI=1S/C23H21N3O3/c27-22(19-10-7-13-21(16-19)25-14-15-29-23(25)28)24-26(20-11-5-2-6-12-20)17-18-8-3-1-4-9-18/h1-13,16H,14-15,17H2,(H,24,27). The maximum Gasteiger partial charge on any atom is 0.414 e. The molecule has 6 heteroatoms. The number of amides is 2. The number of anilines is 2. The molecule has 2 amide bonds. The van der Waals surface area contributed by atoms with E-state index in [-0.39, 0.29) is 5.91 Å². The van der Waals surface area contributed by atoms with Crippen molar-refractivity contribution in [3.05, 3.63) is 96.1 Å². The second kappa shape index (κ2) is 8.48. The molecule has 1 N–H and O–H groups in total. The lowest BCUT2D eigenvalue weighted by atomic mass is 10.1. The molecule has 0 spiro atoms. The molecular formula is C23H21N3O3. The van der Waals surface area contributed by atoms with Crippen LogP contribution in [0, 0.1) is 0 Å². The number of cyclic esters (lactones) is 1. The number of benzene rings is 3. The van der Waals surface area contributed by atoms with Crippen LogP contribution in [-0.4, -0.2) is 25.2 Å². The molecule has 1 aliphatic rings. The van der Waals surface area contributed by atoms with Gasteiger partial charge in [0.2, 0.25) is 0 Å². The first-order chi connectivity index (χ1) is 14.2. The molecule has 0 bridgehead atoms. The smallest absolute Gasteiger partial charge is 0.414 e. The SMILES string of the molecule is O=C(NN(Cc1ccccc1)c1ccccc1)c1cccc(N2CCOC2=O)c1. The Balaban J connectivity index is 1.56. The number of rotatable bonds is 6. The normalized spacial score (nSPS) is 13.1. The molecule has 0 aliphatic carbocycles. The van der Waals surface area contributed by atoms with E-state index in [9.17, 15) is 9.59 Å². The van der Waals surface area contributed by atoms with Crippen molar-refractivity contribution in [1.82, 2.24) is 5.43 Å². The minimum atomic E-state index is -0.391. The highest BCUT2D eigenvalue weighted by Gasteiger charge is 2.24. The summed E-state index contributed by atoms with van der Waals surface area (Å²) in [6, 6.07) is 26.6. The minimum absolute atomic E-state index is 0.251. The second-order valence-corrected chi connectivity index (χ2v) is 6.66. The van der Waals surface area contributed by atoms with Crippen LogP contribution in [0.15, 0.2) is 84.9 Å². The molecule has 1 saturated heterocycles. The average Bonchev–Trinajstić information content (AvgIpc) is 3.20. The quantitative estimate of drug-likeness (QED) is 0.650. The third kappa shape index (κ3) is 4.38. The number of nitrogens with one attached hydrogen (secondary N) is 1. The molecule has 1 heterocycles. The van der Waals surface area contributed by atoms with Gasteiger partial charge in [0.1, 0.15) is 6.61 Å². The van der Waals surface area contributed by atoms with Gasteiger partial charge in [-0.3, -0.25) is 20.1 Å². The van der Waals surface area contributed by atoms with E-state index in [1.54, 1.807) is 24.3 Å². The van der Waals surface area contributed by atoms with E-state index in [0.29, 0.717) is 30.9 Å². The summed E-state index contributed by atoms with van der Waals surface area (Å²) in [7, 11) is 0. The molecular weight excluding hydrogens is 366 g/mol. The summed E-state index contributed by atoms with van der Waals surface area (Å²) in [4.78, 5) is 26.3. The van der Waals surface area contributed by atoms with Gasteiger partial charge in [0.25, 0.3) is 5.91 Å². The Morgan fingerprint density at radius 2 is 1.69 bits per heavy atom. The molecule has 6 nitrogen and oxygen atoms in total. The molecule has 1 fully saturated rings. The van der Waals surface area contributed by atoms with Crippen LogP contribution in [0.25, 0.3) is 0 Å². The zero-order chi connectivity index (χ0) is 20.1. The van der Waals surface area contributed by atoms with Gasteiger partial charge in [-0.2, -0.15) is 0 Å². The third-order valence-electron chi connectivity index (χ3n) is 4.67. The fourth-order valence-corrected chi connectivity index (χ4v) is 3.20. The van der Waals surface area contributed by atoms with Gasteiger partial charge in [0, 0.05) is 11.3 Å². The maximum atomic E-state index is 13.0. The monoisotopic (exact) mass is 387 g/mol. The average molecular weight is 387 g/mol. The van der Waals surface area contributed by atoms with E-state index in [2.05, 4.69) is 5.43 Å². The zero-order valence-electron chi connectivity index (χ0n) is 15.8. The van der Waals surface area contributed by atoms with E-state index in [0.717, 1.165) is 11.3 Å². The molecule has 3 aromatic rings. The maximum absolute atomic E-state index is 13.0. The van der Waals surface area contributed by atoms with Gasteiger partial charge in [-0.05, 0) is 35.9 Å². The van der Waals surface area contributed by atoms with Crippen LogP contribution in [0.5, 0.6) is 0 Å². The van der Waals surface area contributed by atoms with Crippen LogP contribution >= 0.6 is 0 Å². The first kappa shape index (κ1) is 18.6. The van der Waals surface area contributed by atoms with Crippen molar-refractivity contribution in [3.63, 3.8) is 0 Å². The summed E-state index contributed by atoms with van der Waals surface area (Å²) in [6.07, 6.45) is -0.391. The number of carbonyl (C=O) groups is 2. The van der Waals surface area contributed by atoms with Crippen LogP contribution < -0.4 is 15.3 Å². The summed E-state index contributed by atoms with van der Waals surface area (Å²) in [5.74, 6) is -0.251. The largest absolute Gasteiger partial charge is 0.447 e. The number of carbonyl (C=O) groups excluding carboxylic acids is 2. The number of para-hydroxylation sites is 1. The van der Waals surface area contributed by atoms with Crippen molar-refractivity contribution in [2.45, 2.75) is 6.54 Å². The van der Waals surface area contributed by atoms with Gasteiger partial charge in [0.15, 0.2) is 0 Å². The van der Waals surface area contributed by atoms with E-state index in [1.165, 1.54) is 4.90 Å². The lowest BCUT2D eigenvalue weighted by Gasteiger charge is -2.26. The highest BCUT2D eigenvalue weighted by molar-refractivity contribution is 5.97. The molecule has 0 radical (unpaired) electrons. The van der Waals surface area contributed by atoms with Crippen LogP contribution in [0.2, 0.25) is 0 Å². The van der Waals surface area contributed by atoms with Crippen molar-refractivity contribution in [2.75, 3.05) is 23.1 Å². The zero-order valence-corrected chi connectivity index (χ0v) is 15.8. The number of nitrogens with zero attached hydrogens (tertiary/aromatic N) is 2. The van der Waals surface area contributed by atoms with Crippen molar-refractivity contribution in [3.8, 4) is 0 Å². The van der Waals surface area contributed by atoms with Gasteiger partial charge < -0.3 is 4.74 Å². The highest BCUT2D eigenvalue weighted by atomic mass is 16.6. The van der Waals surface area contributed by atoms with Gasteiger partial charge in [-0.15, -0.1) is 0 Å². The van der Waals surface area contributed by atoms with Gasteiger partial charge in [-0.1, -0.05) is 54.6 Å². The highest BCUT2D eigenvalue weighted by Crippen LogP contribution is 2.21. The van der Waals surface area contributed by atoms with Crippen LogP contribution in [0.1, 0.15) is 15.9 Å². The van der Waals surface area contributed by atoms with Crippen molar-refractivity contribution in [2.24, 2.45) is 0 Å². The molecule has 0 unspecified atom stereocenters. The van der Waals surface area contributed by atoms with Crippen molar-refractivity contribution >= 4 is 23.4 Å². The number of hydrogen-bond donors (Lipinski definition) is 1. The van der Waals surface area contributed by atoms with E-state index >= 15 is 0 Å². The Morgan fingerprint density at radius 1 is 0.966 bits per heavy atom. The summed E-state index contributed by atoms with van der Waals surface area (Å²) in [5, 5.41) is 1.81. The molecule has 146 valence electrons. The lowest BCUT2D eigenvalue weighted by Crippen LogP contribution is -2.42. The number of ether oxygens (including phenoxy) is 1. The van der Waals surface area contributed by atoms with Gasteiger partial charge in [0.05, 0.1) is 18.8 Å². The Labute approximate surface area is 169 Å². The predicted octanol–water partition coefficient (Wildman–Crippen LogP) is 3.99. The fourth-order valence-electron chi connectivity index (χ4n) is 3.20. The topological polar surface area (TPSA) is 61.9 Å². The van der Waals surface area contributed by atoms with E-state index in [1.807, 2.05) is 65.7 Å². The Hall–Kier alpha value is -3.80. The molecule has 0 atom stereocenters. The second-order valence-electron chi connectivity index (χ2n) is 6.66. The van der Waals surface area contributed by atoms with E-state index in [4.69, 9.17) is 4.74 Å². The van der Waals surface area contributed by atoms with Crippen molar-refractivity contribution in [1.29, 1.82) is 0 Å². The molecule has 4 rings (SSSR count). The molecule has 3 aromatic carbocycles. The third-order valence-corrected chi connectivity index (χ3v) is 4.67.